The fraction of sp³-hybridized carbons (Fsp3) is 0.650. The number of nitrogens with one attached hydrogen (secondary N) is 1. The fourth-order valence-electron chi connectivity index (χ4n) is 4.09. The van der Waals surface area contributed by atoms with Gasteiger partial charge in [-0.3, -0.25) is 4.79 Å². The molecule has 0 radical (unpaired) electrons. The highest BCUT2D eigenvalue weighted by molar-refractivity contribution is 5.88. The van der Waals surface area contributed by atoms with E-state index in [1.807, 2.05) is 20.8 Å². The molecule has 1 amide bonds. The van der Waals surface area contributed by atoms with Gasteiger partial charge in [-0.1, -0.05) is 32.0 Å². The number of carbonyl (C=O) groups excluding carboxylic acids is 1. The van der Waals surface area contributed by atoms with Gasteiger partial charge < -0.3 is 20.7 Å². The summed E-state index contributed by atoms with van der Waals surface area (Å²) in [6, 6.07) is 8.56. The molecule has 0 saturated heterocycles. The SMILES string of the molecule is CCOC1CC(N)(C(=O)NCCCN2CCc3ccccc32)C1(C)C. The molecule has 5 nitrogen and oxygen atoms in total. The summed E-state index contributed by atoms with van der Waals surface area (Å²) in [6.45, 7) is 9.37. The van der Waals surface area contributed by atoms with Crippen molar-refractivity contribution in [3.8, 4) is 0 Å². The maximum Gasteiger partial charge on any atom is 0.240 e. The Hall–Kier alpha value is -1.59. The van der Waals surface area contributed by atoms with Crippen LogP contribution >= 0.6 is 0 Å². The van der Waals surface area contributed by atoms with Crippen molar-refractivity contribution in [3.63, 3.8) is 0 Å². The molecule has 3 rings (SSSR count). The van der Waals surface area contributed by atoms with E-state index in [4.69, 9.17) is 10.5 Å². The molecule has 0 aromatic heterocycles. The van der Waals surface area contributed by atoms with Gasteiger partial charge in [-0.15, -0.1) is 0 Å². The molecule has 25 heavy (non-hydrogen) atoms. The second-order valence-corrected chi connectivity index (χ2v) is 7.82. The lowest BCUT2D eigenvalue weighted by atomic mass is 9.54. The molecule has 138 valence electrons. The number of nitrogens with zero attached hydrogens (tertiary/aromatic N) is 1. The number of amides is 1. The average molecular weight is 345 g/mol. The Labute approximate surface area is 150 Å². The number of benzene rings is 1. The molecule has 2 unspecified atom stereocenters. The standard InChI is InChI=1S/C20H31N3O2/c1-4-25-17-14-20(21,19(17,2)3)18(24)22-11-7-12-23-13-10-15-8-5-6-9-16(15)23/h5-6,8-9,17H,4,7,10-14,21H2,1-3H3,(H,22,24). The lowest BCUT2D eigenvalue weighted by Gasteiger charge is -2.57. The predicted octanol–water partition coefficient (Wildman–Crippen LogP) is 2.09. The van der Waals surface area contributed by atoms with E-state index < -0.39 is 5.54 Å². The highest BCUT2D eigenvalue weighted by Gasteiger charge is 2.62. The summed E-state index contributed by atoms with van der Waals surface area (Å²) in [6.07, 6.45) is 2.70. The van der Waals surface area contributed by atoms with Crippen LogP contribution in [0.25, 0.3) is 0 Å². The second kappa shape index (κ2) is 6.96. The van der Waals surface area contributed by atoms with Crippen LogP contribution in [0.15, 0.2) is 24.3 Å². The lowest BCUT2D eigenvalue weighted by Crippen LogP contribution is -2.75. The largest absolute Gasteiger partial charge is 0.378 e. The minimum absolute atomic E-state index is 0.0460. The summed E-state index contributed by atoms with van der Waals surface area (Å²) in [7, 11) is 0. The van der Waals surface area contributed by atoms with Gasteiger partial charge in [0.15, 0.2) is 0 Å². The Morgan fingerprint density at radius 3 is 2.88 bits per heavy atom. The van der Waals surface area contributed by atoms with Crippen molar-refractivity contribution < 1.29 is 9.53 Å². The van der Waals surface area contributed by atoms with Gasteiger partial charge in [-0.2, -0.15) is 0 Å². The number of carbonyl (C=O) groups is 1. The van der Waals surface area contributed by atoms with Crippen LogP contribution in [-0.4, -0.2) is 43.8 Å². The van der Waals surface area contributed by atoms with Gasteiger partial charge in [0.05, 0.1) is 6.10 Å². The Morgan fingerprint density at radius 1 is 1.40 bits per heavy atom. The van der Waals surface area contributed by atoms with Crippen LogP contribution in [0.5, 0.6) is 0 Å². The topological polar surface area (TPSA) is 67.6 Å². The Morgan fingerprint density at radius 2 is 2.16 bits per heavy atom. The van der Waals surface area contributed by atoms with E-state index in [9.17, 15) is 4.79 Å². The fourth-order valence-corrected chi connectivity index (χ4v) is 4.09. The number of fused-ring (bicyclic) bond motifs is 1. The first-order chi connectivity index (χ1) is 11.9. The molecule has 1 aromatic rings. The van der Waals surface area contributed by atoms with E-state index in [2.05, 4.69) is 34.5 Å². The van der Waals surface area contributed by atoms with E-state index in [0.717, 1.165) is 25.9 Å². The molecule has 1 fully saturated rings. The zero-order valence-corrected chi connectivity index (χ0v) is 15.7. The average Bonchev–Trinajstić information content (AvgIpc) is 3.01. The molecule has 2 aliphatic rings. The monoisotopic (exact) mass is 345 g/mol. The number of nitrogens with two attached hydrogens (primary N) is 1. The molecule has 1 aliphatic carbocycles. The van der Waals surface area contributed by atoms with Gasteiger partial charge in [0.2, 0.25) is 5.91 Å². The lowest BCUT2D eigenvalue weighted by molar-refractivity contribution is -0.170. The summed E-state index contributed by atoms with van der Waals surface area (Å²) in [5.41, 5.74) is 8.01. The molecule has 5 heteroatoms. The smallest absolute Gasteiger partial charge is 0.240 e. The summed E-state index contributed by atoms with van der Waals surface area (Å²) in [5, 5.41) is 3.05. The first-order valence-corrected chi connectivity index (χ1v) is 9.42. The van der Waals surface area contributed by atoms with Crippen molar-refractivity contribution >= 4 is 11.6 Å². The highest BCUT2D eigenvalue weighted by atomic mass is 16.5. The minimum Gasteiger partial charge on any atom is -0.378 e. The van der Waals surface area contributed by atoms with Crippen LogP contribution in [0.4, 0.5) is 5.69 Å². The maximum atomic E-state index is 12.6. The van der Waals surface area contributed by atoms with Gasteiger partial charge in [0.25, 0.3) is 0 Å². The zero-order valence-electron chi connectivity index (χ0n) is 15.7. The molecular weight excluding hydrogens is 314 g/mol. The highest BCUT2D eigenvalue weighted by Crippen LogP contribution is 2.49. The van der Waals surface area contributed by atoms with Crippen molar-refractivity contribution in [1.29, 1.82) is 0 Å². The molecule has 3 N–H and O–H groups in total. The number of anilines is 1. The van der Waals surface area contributed by atoms with Crippen LogP contribution in [0.1, 0.15) is 39.2 Å². The van der Waals surface area contributed by atoms with Gasteiger partial charge in [0, 0.05) is 43.8 Å². The summed E-state index contributed by atoms with van der Waals surface area (Å²) in [5.74, 6) is -0.0460. The summed E-state index contributed by atoms with van der Waals surface area (Å²) >= 11 is 0. The molecule has 1 aliphatic heterocycles. The quantitative estimate of drug-likeness (QED) is 0.743. The predicted molar refractivity (Wildman–Crippen MR) is 101 cm³/mol. The normalized spacial score (nSPS) is 26.9. The van der Waals surface area contributed by atoms with E-state index in [0.29, 0.717) is 19.6 Å². The van der Waals surface area contributed by atoms with Crippen LogP contribution in [0.2, 0.25) is 0 Å². The third-order valence-electron chi connectivity index (χ3n) is 6.11. The third-order valence-corrected chi connectivity index (χ3v) is 6.11. The first-order valence-electron chi connectivity index (χ1n) is 9.42. The van der Waals surface area contributed by atoms with Crippen LogP contribution in [0, 0.1) is 5.41 Å². The Balaban J connectivity index is 1.45. The summed E-state index contributed by atoms with van der Waals surface area (Å²) < 4.78 is 5.70. The van der Waals surface area contributed by atoms with Crippen molar-refractivity contribution in [2.75, 3.05) is 31.1 Å². The number of rotatable bonds is 7. The third kappa shape index (κ3) is 3.15. The number of para-hydroxylation sites is 1. The maximum absolute atomic E-state index is 12.6. The minimum atomic E-state index is -0.826. The Kier molecular flexibility index (Phi) is 5.07. The number of ether oxygens (including phenoxy) is 1. The van der Waals surface area contributed by atoms with E-state index >= 15 is 0 Å². The molecule has 2 atom stereocenters. The van der Waals surface area contributed by atoms with Gasteiger partial charge in [0.1, 0.15) is 5.54 Å². The van der Waals surface area contributed by atoms with Crippen LogP contribution in [-0.2, 0) is 16.0 Å². The zero-order chi connectivity index (χ0) is 18.1. The molecule has 1 heterocycles. The van der Waals surface area contributed by atoms with Crippen LogP contribution < -0.4 is 16.0 Å². The molecule has 0 bridgehead atoms. The Bertz CT molecular complexity index is 631. The molecule has 1 saturated carbocycles. The van der Waals surface area contributed by atoms with Gasteiger partial charge >= 0.3 is 0 Å². The molecule has 1 aromatic carbocycles. The first kappa shape index (κ1) is 18.2. The van der Waals surface area contributed by atoms with E-state index in [-0.39, 0.29) is 17.4 Å². The van der Waals surface area contributed by atoms with Crippen molar-refractivity contribution in [3.05, 3.63) is 29.8 Å². The van der Waals surface area contributed by atoms with E-state index in [1.54, 1.807) is 0 Å². The number of hydrogen-bond donors (Lipinski definition) is 2. The van der Waals surface area contributed by atoms with Crippen molar-refractivity contribution in [2.45, 2.75) is 51.7 Å². The van der Waals surface area contributed by atoms with Gasteiger partial charge in [-0.25, -0.2) is 0 Å². The van der Waals surface area contributed by atoms with Crippen molar-refractivity contribution in [1.82, 2.24) is 5.32 Å². The second-order valence-electron chi connectivity index (χ2n) is 7.82. The van der Waals surface area contributed by atoms with E-state index in [1.165, 1.54) is 11.3 Å². The van der Waals surface area contributed by atoms with Crippen LogP contribution in [0.3, 0.4) is 0 Å². The molecule has 0 spiro atoms. The molecular formula is C20H31N3O2. The number of hydrogen-bond acceptors (Lipinski definition) is 4. The van der Waals surface area contributed by atoms with Crippen molar-refractivity contribution in [2.24, 2.45) is 11.1 Å². The van der Waals surface area contributed by atoms with Gasteiger partial charge in [-0.05, 0) is 31.4 Å². The summed E-state index contributed by atoms with van der Waals surface area (Å²) in [4.78, 5) is 15.0.